The first-order valence-corrected chi connectivity index (χ1v) is 13.5. The maximum absolute atomic E-state index is 13.2. The molecule has 0 spiro atoms. The number of hydrogen-bond donors (Lipinski definition) is 2. The Balaban J connectivity index is 1.20. The van der Waals surface area contributed by atoms with Crippen molar-refractivity contribution >= 4 is 45.3 Å². The molecule has 3 aromatic heterocycles. The van der Waals surface area contributed by atoms with Crippen LogP contribution in [0.2, 0.25) is 0 Å². The molecule has 4 heterocycles. The van der Waals surface area contributed by atoms with E-state index in [1.807, 2.05) is 31.4 Å². The van der Waals surface area contributed by atoms with Gasteiger partial charge >= 0.3 is 6.09 Å². The number of anilines is 2. The largest absolute Gasteiger partial charge is 0.444 e. The molecule has 1 fully saturated rings. The molecule has 39 heavy (non-hydrogen) atoms. The second-order valence-corrected chi connectivity index (χ2v) is 11.3. The molecule has 0 saturated carbocycles. The molecule has 204 valence electrons. The molecule has 0 bridgehead atoms. The number of carbonyl (C=O) groups is 2. The lowest BCUT2D eigenvalue weighted by Crippen LogP contribution is -2.48. The highest BCUT2D eigenvalue weighted by Crippen LogP contribution is 2.31. The van der Waals surface area contributed by atoms with Crippen LogP contribution in [0.3, 0.4) is 0 Å². The van der Waals surface area contributed by atoms with E-state index in [0.717, 1.165) is 27.9 Å². The number of nitrogens with one attached hydrogen (secondary N) is 2. The molecule has 12 heteroatoms. The van der Waals surface area contributed by atoms with Gasteiger partial charge in [-0.1, -0.05) is 23.5 Å². The van der Waals surface area contributed by atoms with Gasteiger partial charge < -0.3 is 19.9 Å². The third kappa shape index (κ3) is 6.33. The fourth-order valence-electron chi connectivity index (χ4n) is 4.39. The van der Waals surface area contributed by atoms with E-state index < -0.39 is 17.7 Å². The van der Waals surface area contributed by atoms with Crippen molar-refractivity contribution in [2.45, 2.75) is 51.8 Å². The zero-order valence-electron chi connectivity index (χ0n) is 22.0. The van der Waals surface area contributed by atoms with Crippen molar-refractivity contribution in [2.24, 2.45) is 0 Å². The molecular formula is C27H30FN7O3S. The van der Waals surface area contributed by atoms with Crippen molar-refractivity contribution in [1.82, 2.24) is 29.7 Å². The number of halogens is 1. The SMILES string of the molecule is CC(C)(C)OC(=O)N1CCC[C@H]1C(=O)NCCn1cnc2cnc(Nc3ncc(-c4ccc(F)cc4)s3)cc21. The van der Waals surface area contributed by atoms with Gasteiger partial charge in [0.25, 0.3) is 0 Å². The molecule has 1 aliphatic heterocycles. The minimum absolute atomic E-state index is 0.187. The highest BCUT2D eigenvalue weighted by Gasteiger charge is 2.36. The molecule has 1 saturated heterocycles. The van der Waals surface area contributed by atoms with E-state index in [4.69, 9.17) is 4.74 Å². The van der Waals surface area contributed by atoms with Crippen molar-refractivity contribution in [3.05, 3.63) is 54.9 Å². The number of pyridine rings is 1. The standard InChI is InChI=1S/C27H30FN7O3S/c1-27(2,3)38-26(37)35-11-4-5-20(35)24(36)29-10-12-34-16-32-19-14-30-23(13-21(19)34)33-25-31-15-22(39-25)17-6-8-18(28)9-7-17/h6-9,13-16,20H,4-5,10-12H2,1-3H3,(H,29,36)(H,30,31,33)/t20-/m0/s1. The number of nitrogens with zero attached hydrogens (tertiary/aromatic N) is 5. The Morgan fingerprint density at radius 1 is 1.15 bits per heavy atom. The molecule has 5 rings (SSSR count). The third-order valence-corrected chi connectivity index (χ3v) is 7.17. The molecular weight excluding hydrogens is 521 g/mol. The summed E-state index contributed by atoms with van der Waals surface area (Å²) in [6.07, 6.45) is 6.04. The molecule has 1 atom stereocenters. The van der Waals surface area contributed by atoms with Crippen LogP contribution in [-0.2, 0) is 16.1 Å². The Kier molecular flexibility index (Phi) is 7.47. The van der Waals surface area contributed by atoms with Gasteiger partial charge in [0.1, 0.15) is 28.8 Å². The average Bonchev–Trinajstić information content (AvgIpc) is 3.64. The zero-order chi connectivity index (χ0) is 27.6. The maximum atomic E-state index is 13.2. The Morgan fingerprint density at radius 2 is 1.95 bits per heavy atom. The highest BCUT2D eigenvalue weighted by atomic mass is 32.1. The maximum Gasteiger partial charge on any atom is 0.410 e. The number of thiazole rings is 1. The summed E-state index contributed by atoms with van der Waals surface area (Å²) in [7, 11) is 0. The van der Waals surface area contributed by atoms with Gasteiger partial charge in [-0.05, 0) is 51.3 Å². The fraction of sp³-hybridized carbons (Fsp3) is 0.370. The first-order valence-electron chi connectivity index (χ1n) is 12.7. The van der Waals surface area contributed by atoms with Crippen molar-refractivity contribution in [3.63, 3.8) is 0 Å². The second-order valence-electron chi connectivity index (χ2n) is 10.3. The Hall–Kier alpha value is -4.06. The van der Waals surface area contributed by atoms with Crippen LogP contribution in [0.1, 0.15) is 33.6 Å². The summed E-state index contributed by atoms with van der Waals surface area (Å²) in [6.45, 7) is 6.81. The summed E-state index contributed by atoms with van der Waals surface area (Å²) < 4.78 is 20.6. The Morgan fingerprint density at radius 3 is 2.72 bits per heavy atom. The predicted octanol–water partition coefficient (Wildman–Crippen LogP) is 4.95. The number of aromatic nitrogens is 4. The van der Waals surface area contributed by atoms with Gasteiger partial charge in [-0.15, -0.1) is 0 Å². The Labute approximate surface area is 229 Å². The van der Waals surface area contributed by atoms with Crippen LogP contribution in [0, 0.1) is 5.82 Å². The van der Waals surface area contributed by atoms with Crippen LogP contribution in [0.15, 0.2) is 49.1 Å². The van der Waals surface area contributed by atoms with Crippen LogP contribution >= 0.6 is 11.3 Å². The molecule has 0 aliphatic carbocycles. The molecule has 1 aromatic carbocycles. The lowest BCUT2D eigenvalue weighted by Gasteiger charge is -2.28. The minimum atomic E-state index is -0.615. The van der Waals surface area contributed by atoms with Gasteiger partial charge in [0.2, 0.25) is 5.91 Å². The average molecular weight is 552 g/mol. The molecule has 10 nitrogen and oxygen atoms in total. The number of hydrogen-bond acceptors (Lipinski definition) is 8. The lowest BCUT2D eigenvalue weighted by molar-refractivity contribution is -0.125. The van der Waals surface area contributed by atoms with Gasteiger partial charge in [-0.2, -0.15) is 0 Å². The number of rotatable bonds is 7. The van der Waals surface area contributed by atoms with E-state index in [1.165, 1.54) is 28.4 Å². The van der Waals surface area contributed by atoms with Crippen LogP contribution in [-0.4, -0.2) is 61.2 Å². The number of benzene rings is 1. The van der Waals surface area contributed by atoms with Crippen LogP contribution in [0.5, 0.6) is 0 Å². The van der Waals surface area contributed by atoms with Gasteiger partial charge in [-0.3, -0.25) is 9.69 Å². The van der Waals surface area contributed by atoms with Crippen molar-refractivity contribution < 1.29 is 18.7 Å². The molecule has 2 N–H and O–H groups in total. The van der Waals surface area contributed by atoms with Gasteiger partial charge in [0.15, 0.2) is 5.13 Å². The summed E-state index contributed by atoms with van der Waals surface area (Å²) in [5.41, 5.74) is 1.85. The molecule has 0 unspecified atom stereocenters. The number of likely N-dealkylation sites (tertiary alicyclic amines) is 1. The topological polar surface area (TPSA) is 114 Å². The Bertz CT molecular complexity index is 1480. The summed E-state index contributed by atoms with van der Waals surface area (Å²) in [4.78, 5) is 41.1. The van der Waals surface area contributed by atoms with E-state index in [0.29, 0.717) is 37.0 Å². The quantitative estimate of drug-likeness (QED) is 0.334. The first kappa shape index (κ1) is 26.5. The predicted molar refractivity (Wildman–Crippen MR) is 147 cm³/mol. The summed E-state index contributed by atoms with van der Waals surface area (Å²) in [6, 6.07) is 7.63. The van der Waals surface area contributed by atoms with E-state index in [2.05, 4.69) is 25.6 Å². The normalized spacial score (nSPS) is 15.5. The fourth-order valence-corrected chi connectivity index (χ4v) is 5.22. The summed E-state index contributed by atoms with van der Waals surface area (Å²) >= 11 is 1.44. The lowest BCUT2D eigenvalue weighted by atomic mass is 10.2. The highest BCUT2D eigenvalue weighted by molar-refractivity contribution is 7.18. The van der Waals surface area contributed by atoms with Gasteiger partial charge in [-0.25, -0.2) is 24.1 Å². The summed E-state index contributed by atoms with van der Waals surface area (Å²) in [5.74, 6) is 0.136. The van der Waals surface area contributed by atoms with Crippen LogP contribution in [0.25, 0.3) is 21.5 Å². The van der Waals surface area contributed by atoms with Crippen molar-refractivity contribution in [3.8, 4) is 10.4 Å². The van der Waals surface area contributed by atoms with E-state index in [1.54, 1.807) is 30.9 Å². The molecule has 2 amide bonds. The minimum Gasteiger partial charge on any atom is -0.444 e. The van der Waals surface area contributed by atoms with Gasteiger partial charge in [0, 0.05) is 31.9 Å². The van der Waals surface area contributed by atoms with Crippen molar-refractivity contribution in [2.75, 3.05) is 18.4 Å². The smallest absolute Gasteiger partial charge is 0.410 e. The number of imidazole rings is 1. The number of fused-ring (bicyclic) bond motifs is 1. The monoisotopic (exact) mass is 551 g/mol. The van der Waals surface area contributed by atoms with Crippen molar-refractivity contribution in [1.29, 1.82) is 0 Å². The van der Waals surface area contributed by atoms with E-state index in [-0.39, 0.29) is 11.7 Å². The first-order chi connectivity index (χ1) is 18.7. The van der Waals surface area contributed by atoms with E-state index in [9.17, 15) is 14.0 Å². The second kappa shape index (κ2) is 11.0. The van der Waals surface area contributed by atoms with Gasteiger partial charge in [0.05, 0.1) is 22.9 Å². The molecule has 1 aliphatic rings. The van der Waals surface area contributed by atoms with E-state index >= 15 is 0 Å². The zero-order valence-corrected chi connectivity index (χ0v) is 22.8. The summed E-state index contributed by atoms with van der Waals surface area (Å²) in [5, 5.41) is 6.83. The van der Waals surface area contributed by atoms with Crippen LogP contribution < -0.4 is 10.6 Å². The molecule has 0 radical (unpaired) electrons. The third-order valence-electron chi connectivity index (χ3n) is 6.21. The number of ether oxygens (including phenoxy) is 1. The van der Waals surface area contributed by atoms with Crippen LogP contribution in [0.4, 0.5) is 20.1 Å². The number of carbonyl (C=O) groups excluding carboxylic acids is 2. The molecule has 4 aromatic rings. The number of amides is 2.